The van der Waals surface area contributed by atoms with Gasteiger partial charge in [-0.3, -0.25) is 0 Å². The lowest BCUT2D eigenvalue weighted by molar-refractivity contribution is 0.429. The van der Waals surface area contributed by atoms with Gasteiger partial charge < -0.3 is 4.18 Å². The van der Waals surface area contributed by atoms with E-state index < -0.39 is 11.1 Å². The maximum atomic E-state index is 10.8. The summed E-state index contributed by atoms with van der Waals surface area (Å²) in [5.74, 6) is 1.97. The predicted octanol–water partition coefficient (Wildman–Crippen LogP) is 1.14. The zero-order valence-corrected chi connectivity index (χ0v) is 6.26. The van der Waals surface area contributed by atoms with E-state index in [9.17, 15) is 4.21 Å². The molecule has 1 fully saturated rings. The molecule has 1 aliphatic carbocycles. The fourth-order valence-electron chi connectivity index (χ4n) is 1.21. The first kappa shape index (κ1) is 6.16. The van der Waals surface area contributed by atoms with Crippen molar-refractivity contribution in [3.63, 3.8) is 0 Å². The van der Waals surface area contributed by atoms with Crippen LogP contribution in [0.4, 0.5) is 0 Å². The molecule has 0 spiro atoms. The highest BCUT2D eigenvalue weighted by atomic mass is 32.2. The molecule has 0 aromatic rings. The van der Waals surface area contributed by atoms with Gasteiger partial charge in [-0.1, -0.05) is 12.2 Å². The molecular weight excluding hydrogens is 148 g/mol. The molecule has 1 aliphatic heterocycles. The zero-order valence-electron chi connectivity index (χ0n) is 5.45. The maximum absolute atomic E-state index is 10.8. The van der Waals surface area contributed by atoms with E-state index in [2.05, 4.69) is 6.08 Å². The third kappa shape index (κ3) is 0.904. The predicted molar refractivity (Wildman–Crippen MR) is 39.4 cm³/mol. The average molecular weight is 156 g/mol. The summed E-state index contributed by atoms with van der Waals surface area (Å²) in [7, 11) is 0. The fourth-order valence-corrected chi connectivity index (χ4v) is 2.31. The molecule has 0 aromatic carbocycles. The SMILES string of the molecule is O=S1CC2CC=CC=C2O1. The number of rotatable bonds is 0. The highest BCUT2D eigenvalue weighted by Gasteiger charge is 2.28. The molecule has 1 saturated heterocycles. The lowest BCUT2D eigenvalue weighted by atomic mass is 10.0. The van der Waals surface area contributed by atoms with Crippen LogP contribution in [-0.2, 0) is 15.3 Å². The van der Waals surface area contributed by atoms with Gasteiger partial charge in [-0.25, -0.2) is 4.21 Å². The Labute approximate surface area is 62.2 Å². The van der Waals surface area contributed by atoms with Crippen LogP contribution >= 0.6 is 0 Å². The summed E-state index contributed by atoms with van der Waals surface area (Å²) in [5, 5.41) is 0. The highest BCUT2D eigenvalue weighted by molar-refractivity contribution is 7.80. The summed E-state index contributed by atoms with van der Waals surface area (Å²) in [4.78, 5) is 0. The molecule has 0 bridgehead atoms. The quantitative estimate of drug-likeness (QED) is 0.525. The van der Waals surface area contributed by atoms with Crippen molar-refractivity contribution in [1.29, 1.82) is 0 Å². The summed E-state index contributed by atoms with van der Waals surface area (Å²) in [5.41, 5.74) is 0. The van der Waals surface area contributed by atoms with E-state index in [4.69, 9.17) is 4.18 Å². The first-order chi connectivity index (χ1) is 4.86. The molecule has 3 heteroatoms. The number of hydrogen-bond acceptors (Lipinski definition) is 2. The molecule has 0 N–H and O–H groups in total. The van der Waals surface area contributed by atoms with E-state index in [1.165, 1.54) is 0 Å². The van der Waals surface area contributed by atoms with Gasteiger partial charge in [0, 0.05) is 5.92 Å². The molecule has 0 saturated carbocycles. The minimum atomic E-state index is -1.05. The minimum absolute atomic E-state index is 0.394. The van der Waals surface area contributed by atoms with Crippen molar-refractivity contribution in [2.24, 2.45) is 5.92 Å². The van der Waals surface area contributed by atoms with E-state index in [0.717, 1.165) is 12.2 Å². The molecule has 2 aliphatic rings. The van der Waals surface area contributed by atoms with Gasteiger partial charge in [0.15, 0.2) is 0 Å². The van der Waals surface area contributed by atoms with Crippen LogP contribution in [0.25, 0.3) is 0 Å². The van der Waals surface area contributed by atoms with E-state index >= 15 is 0 Å². The Kier molecular flexibility index (Phi) is 1.38. The number of fused-ring (bicyclic) bond motifs is 1. The van der Waals surface area contributed by atoms with Crippen LogP contribution in [0.5, 0.6) is 0 Å². The van der Waals surface area contributed by atoms with Crippen LogP contribution in [0.3, 0.4) is 0 Å². The zero-order chi connectivity index (χ0) is 6.97. The fraction of sp³-hybridized carbons (Fsp3) is 0.429. The Balaban J connectivity index is 2.26. The molecule has 0 aromatic heterocycles. The third-order valence-electron chi connectivity index (χ3n) is 1.75. The molecule has 1 heterocycles. The topological polar surface area (TPSA) is 26.3 Å². The van der Waals surface area contributed by atoms with E-state index in [1.807, 2.05) is 12.2 Å². The molecular formula is C7H8O2S. The number of allylic oxidation sites excluding steroid dienone is 4. The van der Waals surface area contributed by atoms with Crippen LogP contribution in [0.2, 0.25) is 0 Å². The summed E-state index contributed by atoms with van der Waals surface area (Å²) in [6.07, 6.45) is 6.92. The van der Waals surface area contributed by atoms with Gasteiger partial charge in [0.2, 0.25) is 11.1 Å². The Bertz CT molecular complexity index is 230. The van der Waals surface area contributed by atoms with Crippen molar-refractivity contribution in [3.8, 4) is 0 Å². The molecule has 0 radical (unpaired) electrons. The minimum Gasteiger partial charge on any atom is -0.405 e. The Hall–Kier alpha value is -0.570. The van der Waals surface area contributed by atoms with Gasteiger partial charge in [0.25, 0.3) is 0 Å². The second kappa shape index (κ2) is 2.23. The lowest BCUT2D eigenvalue weighted by Gasteiger charge is -2.06. The normalized spacial score (nSPS) is 36.6. The van der Waals surface area contributed by atoms with Gasteiger partial charge in [-0.2, -0.15) is 0 Å². The molecule has 2 unspecified atom stereocenters. The molecule has 10 heavy (non-hydrogen) atoms. The highest BCUT2D eigenvalue weighted by Crippen LogP contribution is 2.29. The molecule has 2 rings (SSSR count). The van der Waals surface area contributed by atoms with Gasteiger partial charge in [0.1, 0.15) is 5.76 Å². The molecule has 54 valence electrons. The van der Waals surface area contributed by atoms with Crippen LogP contribution in [-0.4, -0.2) is 9.96 Å². The Morgan fingerprint density at radius 2 is 2.60 bits per heavy atom. The summed E-state index contributed by atoms with van der Waals surface area (Å²) in [6, 6.07) is 0. The van der Waals surface area contributed by atoms with Crippen LogP contribution < -0.4 is 0 Å². The molecule has 0 amide bonds. The first-order valence-electron chi connectivity index (χ1n) is 3.29. The van der Waals surface area contributed by atoms with Crippen molar-refractivity contribution in [2.75, 3.05) is 5.75 Å². The second-order valence-corrected chi connectivity index (χ2v) is 3.59. The van der Waals surface area contributed by atoms with Crippen molar-refractivity contribution >= 4 is 11.1 Å². The second-order valence-electron chi connectivity index (χ2n) is 2.48. The Morgan fingerprint density at radius 3 is 3.40 bits per heavy atom. The van der Waals surface area contributed by atoms with Gasteiger partial charge in [-0.15, -0.1) is 0 Å². The van der Waals surface area contributed by atoms with Crippen LogP contribution in [0, 0.1) is 5.92 Å². The van der Waals surface area contributed by atoms with Crippen LogP contribution in [0.1, 0.15) is 6.42 Å². The third-order valence-corrected chi connectivity index (χ3v) is 2.80. The van der Waals surface area contributed by atoms with E-state index in [-0.39, 0.29) is 0 Å². The summed E-state index contributed by atoms with van der Waals surface area (Å²) < 4.78 is 15.9. The maximum Gasteiger partial charge on any atom is 0.206 e. The van der Waals surface area contributed by atoms with Crippen LogP contribution in [0.15, 0.2) is 24.0 Å². The van der Waals surface area contributed by atoms with Gasteiger partial charge >= 0.3 is 0 Å². The number of hydrogen-bond donors (Lipinski definition) is 0. The van der Waals surface area contributed by atoms with Crippen molar-refractivity contribution in [1.82, 2.24) is 0 Å². The monoisotopic (exact) mass is 156 g/mol. The standard InChI is InChI=1S/C7H8O2S/c8-10-5-6-3-1-2-4-7(6)9-10/h1-2,4,6H,3,5H2. The van der Waals surface area contributed by atoms with E-state index in [1.54, 1.807) is 0 Å². The smallest absolute Gasteiger partial charge is 0.206 e. The Morgan fingerprint density at radius 1 is 1.70 bits per heavy atom. The van der Waals surface area contributed by atoms with E-state index in [0.29, 0.717) is 11.7 Å². The summed E-state index contributed by atoms with van der Waals surface area (Å²) in [6.45, 7) is 0. The van der Waals surface area contributed by atoms with Crippen molar-refractivity contribution in [3.05, 3.63) is 24.0 Å². The average Bonchev–Trinajstić information content (AvgIpc) is 2.27. The lowest BCUT2D eigenvalue weighted by Crippen LogP contribution is -2.02. The molecule has 2 nitrogen and oxygen atoms in total. The first-order valence-corrected chi connectivity index (χ1v) is 4.54. The molecule has 2 atom stereocenters. The van der Waals surface area contributed by atoms with Crippen molar-refractivity contribution in [2.45, 2.75) is 6.42 Å². The van der Waals surface area contributed by atoms with Gasteiger partial charge in [-0.05, 0) is 12.5 Å². The largest absolute Gasteiger partial charge is 0.405 e. The van der Waals surface area contributed by atoms with Gasteiger partial charge in [0.05, 0.1) is 5.75 Å². The van der Waals surface area contributed by atoms with Crippen molar-refractivity contribution < 1.29 is 8.39 Å². The summed E-state index contributed by atoms with van der Waals surface area (Å²) >= 11 is -1.05.